The molecule has 2 N–H and O–H groups in total. The van der Waals surface area contributed by atoms with E-state index in [0.717, 1.165) is 0 Å². The molecule has 1 aliphatic rings. The van der Waals surface area contributed by atoms with Crippen LogP contribution in [0.2, 0.25) is 0 Å². The molecule has 2 aromatic heterocycles. The van der Waals surface area contributed by atoms with Crippen LogP contribution in [-0.4, -0.2) is 35.2 Å². The number of amidine groups is 1. The molecule has 7 nitrogen and oxygen atoms in total. The molecule has 1 aliphatic heterocycles. The van der Waals surface area contributed by atoms with Crippen molar-refractivity contribution in [2.45, 2.75) is 25.1 Å². The Balaban J connectivity index is 1.78. The standard InChI is InChI=1S/C22H18F4N4O3/c1-12-22(14-2-5-16(23)6-3-14,15-4-7-18(24)27-10-15)30-19(29-12)13-8-17(20(31)28-9-13)32-11-33-21(25)26/h2-10,12,21H,11H2,1H3,(H,28,31)(H,29,30)/t12-,22+/m0/s1. The smallest absolute Gasteiger partial charge is 0.348 e. The normalized spacial score (nSPS) is 19.9. The molecule has 0 aliphatic carbocycles. The van der Waals surface area contributed by atoms with Crippen LogP contribution in [0, 0.1) is 11.8 Å². The zero-order chi connectivity index (χ0) is 23.6. The Hall–Kier alpha value is -3.73. The Morgan fingerprint density at radius 1 is 1.12 bits per heavy atom. The molecule has 1 aromatic carbocycles. The number of benzene rings is 1. The fourth-order valence-corrected chi connectivity index (χ4v) is 3.72. The van der Waals surface area contributed by atoms with Gasteiger partial charge in [0.1, 0.15) is 17.2 Å². The lowest BCUT2D eigenvalue weighted by atomic mass is 9.79. The molecule has 0 bridgehead atoms. The van der Waals surface area contributed by atoms with Crippen LogP contribution in [0.4, 0.5) is 17.6 Å². The van der Waals surface area contributed by atoms with Gasteiger partial charge in [0.15, 0.2) is 12.5 Å². The average molecular weight is 462 g/mol. The van der Waals surface area contributed by atoms with Gasteiger partial charge in [-0.05, 0) is 36.8 Å². The number of H-pyrrole nitrogens is 1. The topological polar surface area (TPSA) is 88.6 Å². The lowest BCUT2D eigenvalue weighted by Gasteiger charge is -2.31. The lowest BCUT2D eigenvalue weighted by molar-refractivity contribution is -0.167. The number of aromatic amines is 1. The molecule has 4 rings (SSSR count). The van der Waals surface area contributed by atoms with Crippen molar-refractivity contribution in [1.29, 1.82) is 0 Å². The van der Waals surface area contributed by atoms with E-state index >= 15 is 0 Å². The van der Waals surface area contributed by atoms with Crippen molar-refractivity contribution in [2.75, 3.05) is 6.79 Å². The summed E-state index contributed by atoms with van der Waals surface area (Å²) in [6.07, 6.45) is 2.73. The van der Waals surface area contributed by atoms with Crippen LogP contribution in [0.15, 0.2) is 64.6 Å². The second kappa shape index (κ2) is 9.02. The third kappa shape index (κ3) is 4.44. The minimum absolute atomic E-state index is 0.243. The highest BCUT2D eigenvalue weighted by Crippen LogP contribution is 2.40. The summed E-state index contributed by atoms with van der Waals surface area (Å²) in [6.45, 7) is -2.03. The van der Waals surface area contributed by atoms with Crippen LogP contribution < -0.4 is 15.6 Å². The van der Waals surface area contributed by atoms with Gasteiger partial charge in [0, 0.05) is 23.5 Å². The van der Waals surface area contributed by atoms with Gasteiger partial charge in [-0.3, -0.25) is 9.53 Å². The molecular weight excluding hydrogens is 444 g/mol. The first-order chi connectivity index (χ1) is 15.8. The van der Waals surface area contributed by atoms with Gasteiger partial charge in [0.05, 0.1) is 6.04 Å². The van der Waals surface area contributed by atoms with Crippen LogP contribution in [0.5, 0.6) is 5.75 Å². The molecule has 0 unspecified atom stereocenters. The number of ether oxygens (including phenoxy) is 2. The second-order valence-electron chi connectivity index (χ2n) is 7.24. The molecule has 172 valence electrons. The first-order valence-electron chi connectivity index (χ1n) is 9.79. The SMILES string of the molecule is C[C@@H]1NC(c2c[nH]c(=O)c(OCOC(F)F)c2)=N[C@]1(c1ccc(F)cc1)c1ccc(F)nc1. The Labute approximate surface area is 185 Å². The molecule has 0 saturated carbocycles. The predicted molar refractivity (Wildman–Crippen MR) is 110 cm³/mol. The number of halogens is 4. The van der Waals surface area contributed by atoms with Gasteiger partial charge in [-0.15, -0.1) is 0 Å². The van der Waals surface area contributed by atoms with Crippen molar-refractivity contribution in [2.24, 2.45) is 4.99 Å². The van der Waals surface area contributed by atoms with E-state index in [4.69, 9.17) is 9.73 Å². The summed E-state index contributed by atoms with van der Waals surface area (Å²) in [5.41, 5.74) is -0.168. The molecule has 0 fully saturated rings. The monoisotopic (exact) mass is 462 g/mol. The van der Waals surface area contributed by atoms with Crippen LogP contribution in [-0.2, 0) is 10.3 Å². The van der Waals surface area contributed by atoms with Crippen LogP contribution in [0.3, 0.4) is 0 Å². The zero-order valence-corrected chi connectivity index (χ0v) is 17.2. The largest absolute Gasteiger partial charge is 0.462 e. The van der Waals surface area contributed by atoms with Crippen molar-refractivity contribution in [1.82, 2.24) is 15.3 Å². The molecule has 11 heteroatoms. The van der Waals surface area contributed by atoms with Crippen LogP contribution in [0.25, 0.3) is 0 Å². The summed E-state index contributed by atoms with van der Waals surface area (Å²) >= 11 is 0. The third-order valence-electron chi connectivity index (χ3n) is 5.27. The summed E-state index contributed by atoms with van der Waals surface area (Å²) in [5, 5.41) is 3.21. The minimum Gasteiger partial charge on any atom is -0.462 e. The first kappa shape index (κ1) is 22.5. The predicted octanol–water partition coefficient (Wildman–Crippen LogP) is 3.31. The molecule has 0 saturated heterocycles. The van der Waals surface area contributed by atoms with Crippen molar-refractivity contribution >= 4 is 5.84 Å². The molecule has 2 atom stereocenters. The van der Waals surface area contributed by atoms with E-state index in [1.54, 1.807) is 18.2 Å². The van der Waals surface area contributed by atoms with E-state index < -0.39 is 42.3 Å². The minimum atomic E-state index is -3.05. The van der Waals surface area contributed by atoms with E-state index in [2.05, 4.69) is 20.0 Å². The van der Waals surface area contributed by atoms with Crippen molar-refractivity contribution in [3.05, 3.63) is 93.7 Å². The Bertz CT molecular complexity index is 1170. The van der Waals surface area contributed by atoms with Crippen LogP contribution >= 0.6 is 0 Å². The van der Waals surface area contributed by atoms with Crippen molar-refractivity contribution < 1.29 is 27.0 Å². The van der Waals surface area contributed by atoms with E-state index in [1.807, 2.05) is 6.92 Å². The van der Waals surface area contributed by atoms with E-state index in [-0.39, 0.29) is 5.75 Å². The number of aliphatic imine (C=N–C) groups is 1. The van der Waals surface area contributed by atoms with E-state index in [0.29, 0.717) is 22.5 Å². The fourth-order valence-electron chi connectivity index (χ4n) is 3.72. The third-order valence-corrected chi connectivity index (χ3v) is 5.27. The Kier molecular flexibility index (Phi) is 6.14. The number of nitrogens with zero attached hydrogens (tertiary/aromatic N) is 2. The number of hydrogen-bond acceptors (Lipinski definition) is 6. The van der Waals surface area contributed by atoms with Gasteiger partial charge in [-0.1, -0.05) is 18.2 Å². The molecule has 0 amide bonds. The van der Waals surface area contributed by atoms with Gasteiger partial charge in [0.25, 0.3) is 5.56 Å². The fraction of sp³-hybridized carbons (Fsp3) is 0.227. The second-order valence-corrected chi connectivity index (χ2v) is 7.24. The van der Waals surface area contributed by atoms with Crippen molar-refractivity contribution in [3.63, 3.8) is 0 Å². The number of hydrogen-bond donors (Lipinski definition) is 2. The summed E-state index contributed by atoms with van der Waals surface area (Å²) in [7, 11) is 0. The lowest BCUT2D eigenvalue weighted by Crippen LogP contribution is -2.41. The maximum absolute atomic E-state index is 13.6. The summed E-state index contributed by atoms with van der Waals surface area (Å²) in [5.74, 6) is -0.994. The Morgan fingerprint density at radius 2 is 1.85 bits per heavy atom. The molecule has 3 heterocycles. The van der Waals surface area contributed by atoms with Gasteiger partial charge in [-0.2, -0.15) is 13.2 Å². The maximum atomic E-state index is 13.6. The number of alkyl halides is 2. The van der Waals surface area contributed by atoms with Crippen LogP contribution in [0.1, 0.15) is 23.6 Å². The van der Waals surface area contributed by atoms with E-state index in [9.17, 15) is 22.4 Å². The van der Waals surface area contributed by atoms with Gasteiger partial charge in [-0.25, -0.2) is 14.4 Å². The van der Waals surface area contributed by atoms with Gasteiger partial charge < -0.3 is 15.0 Å². The zero-order valence-electron chi connectivity index (χ0n) is 17.2. The number of rotatable bonds is 7. The Morgan fingerprint density at radius 3 is 2.52 bits per heavy atom. The summed E-state index contributed by atoms with van der Waals surface area (Å²) < 4.78 is 60.5. The van der Waals surface area contributed by atoms with Crippen molar-refractivity contribution in [3.8, 4) is 5.75 Å². The van der Waals surface area contributed by atoms with Gasteiger partial charge in [0.2, 0.25) is 5.95 Å². The number of nitrogens with one attached hydrogen (secondary N) is 2. The molecule has 33 heavy (non-hydrogen) atoms. The average Bonchev–Trinajstić information content (AvgIpc) is 3.14. The number of pyridine rings is 2. The highest BCUT2D eigenvalue weighted by Gasteiger charge is 2.45. The van der Waals surface area contributed by atoms with E-state index in [1.165, 1.54) is 36.7 Å². The summed E-state index contributed by atoms with van der Waals surface area (Å²) in [6, 6.07) is 9.42. The molecule has 0 spiro atoms. The quantitative estimate of drug-likeness (QED) is 0.320. The highest BCUT2D eigenvalue weighted by atomic mass is 19.3. The number of aromatic nitrogens is 2. The summed E-state index contributed by atoms with van der Waals surface area (Å²) in [4.78, 5) is 23.0. The molecular formula is C22H18F4N4O3. The molecule has 3 aromatic rings. The maximum Gasteiger partial charge on any atom is 0.348 e. The molecule has 0 radical (unpaired) electrons. The van der Waals surface area contributed by atoms with Gasteiger partial charge >= 0.3 is 6.61 Å². The first-order valence-corrected chi connectivity index (χ1v) is 9.79. The highest BCUT2D eigenvalue weighted by molar-refractivity contribution is 6.01.